The maximum atomic E-state index is 12.6. The molecular formula is C23H19ClN4O6S. The average Bonchev–Trinajstić information content (AvgIpc) is 3.53. The van der Waals surface area contributed by atoms with Crippen molar-refractivity contribution in [3.05, 3.63) is 65.4 Å². The number of amides is 1. The predicted molar refractivity (Wildman–Crippen MR) is 130 cm³/mol. The monoisotopic (exact) mass is 514 g/mol. The molecule has 10 nitrogen and oxygen atoms in total. The van der Waals surface area contributed by atoms with Crippen LogP contribution in [0.2, 0.25) is 5.02 Å². The summed E-state index contributed by atoms with van der Waals surface area (Å²) in [6.45, 7) is 0. The fraction of sp³-hybridized carbons (Fsp3) is 0.130. The molecule has 0 aliphatic heterocycles. The summed E-state index contributed by atoms with van der Waals surface area (Å²) in [5, 5.41) is 20.9. The van der Waals surface area contributed by atoms with Gasteiger partial charge < -0.3 is 24.3 Å². The second kappa shape index (κ2) is 10.5. The largest absolute Gasteiger partial charge is 0.497 e. The fourth-order valence-corrected chi connectivity index (χ4v) is 4.15. The molecule has 0 aliphatic rings. The second-order valence-corrected chi connectivity index (χ2v) is 8.34. The number of benzene rings is 2. The van der Waals surface area contributed by atoms with Crippen molar-refractivity contribution in [3.63, 3.8) is 0 Å². The van der Waals surface area contributed by atoms with E-state index in [0.717, 1.165) is 11.8 Å². The van der Waals surface area contributed by atoms with Gasteiger partial charge in [0.15, 0.2) is 10.9 Å². The van der Waals surface area contributed by atoms with Crippen molar-refractivity contribution >= 4 is 40.9 Å². The van der Waals surface area contributed by atoms with Gasteiger partial charge in [-0.05, 0) is 42.5 Å². The van der Waals surface area contributed by atoms with Crippen LogP contribution >= 0.6 is 23.4 Å². The zero-order chi connectivity index (χ0) is 24.9. The van der Waals surface area contributed by atoms with E-state index in [2.05, 4.69) is 15.5 Å². The number of ether oxygens (including phenoxy) is 2. The normalized spacial score (nSPS) is 10.7. The molecule has 1 amide bonds. The smallest absolute Gasteiger partial charge is 0.337 e. The molecule has 0 radical (unpaired) electrons. The van der Waals surface area contributed by atoms with Crippen molar-refractivity contribution in [2.24, 2.45) is 0 Å². The van der Waals surface area contributed by atoms with Crippen molar-refractivity contribution in [1.82, 2.24) is 14.8 Å². The highest BCUT2D eigenvalue weighted by atomic mass is 35.5. The number of aromatic nitrogens is 3. The minimum absolute atomic E-state index is 0.0341. The van der Waals surface area contributed by atoms with Gasteiger partial charge in [-0.15, -0.1) is 10.2 Å². The Morgan fingerprint density at radius 1 is 1.14 bits per heavy atom. The molecule has 2 heterocycles. The number of rotatable bonds is 9. The Labute approximate surface area is 208 Å². The van der Waals surface area contributed by atoms with Crippen LogP contribution in [0.5, 0.6) is 11.5 Å². The zero-order valence-corrected chi connectivity index (χ0v) is 20.1. The zero-order valence-electron chi connectivity index (χ0n) is 18.5. The second-order valence-electron chi connectivity index (χ2n) is 6.99. The summed E-state index contributed by atoms with van der Waals surface area (Å²) in [6.07, 6.45) is 1.52. The molecule has 2 aromatic heterocycles. The summed E-state index contributed by atoms with van der Waals surface area (Å²) in [4.78, 5) is 23.9. The van der Waals surface area contributed by atoms with Gasteiger partial charge in [0.2, 0.25) is 11.7 Å². The summed E-state index contributed by atoms with van der Waals surface area (Å²) < 4.78 is 18.1. The highest BCUT2D eigenvalue weighted by Crippen LogP contribution is 2.35. The molecular weight excluding hydrogens is 496 g/mol. The molecule has 4 aromatic rings. The summed E-state index contributed by atoms with van der Waals surface area (Å²) in [5.74, 6) is 0.409. The number of carbonyl (C=O) groups excluding carboxylic acids is 1. The third-order valence-corrected chi connectivity index (χ3v) is 6.07. The van der Waals surface area contributed by atoms with Crippen molar-refractivity contribution in [1.29, 1.82) is 0 Å². The SMILES string of the molecule is COc1ccc(OC)c(-n2c(SCC(=O)Nc3ccc(Cl)c(C(=O)O)c3)nnc2-c2ccco2)c1. The summed E-state index contributed by atoms with van der Waals surface area (Å²) >= 11 is 7.02. The van der Waals surface area contributed by atoms with Gasteiger partial charge in [0, 0.05) is 11.8 Å². The lowest BCUT2D eigenvalue weighted by Gasteiger charge is -2.14. The van der Waals surface area contributed by atoms with Crippen molar-refractivity contribution in [3.8, 4) is 28.8 Å². The van der Waals surface area contributed by atoms with Gasteiger partial charge in [-0.25, -0.2) is 4.79 Å². The molecule has 0 saturated heterocycles. The van der Waals surface area contributed by atoms with E-state index in [-0.39, 0.29) is 22.2 Å². The molecule has 180 valence electrons. The Bertz CT molecular complexity index is 1370. The van der Waals surface area contributed by atoms with Crippen LogP contribution in [0.4, 0.5) is 5.69 Å². The van der Waals surface area contributed by atoms with E-state index in [9.17, 15) is 14.7 Å². The Balaban J connectivity index is 1.62. The Morgan fingerprint density at radius 3 is 2.66 bits per heavy atom. The van der Waals surface area contributed by atoms with E-state index in [0.29, 0.717) is 39.6 Å². The number of furan rings is 1. The summed E-state index contributed by atoms with van der Waals surface area (Å²) in [7, 11) is 3.09. The van der Waals surface area contributed by atoms with Gasteiger partial charge in [-0.2, -0.15) is 0 Å². The lowest BCUT2D eigenvalue weighted by Crippen LogP contribution is -2.15. The first kappa shape index (κ1) is 24.2. The van der Waals surface area contributed by atoms with Crippen LogP contribution in [-0.4, -0.2) is 51.7 Å². The van der Waals surface area contributed by atoms with Crippen LogP contribution < -0.4 is 14.8 Å². The van der Waals surface area contributed by atoms with E-state index < -0.39 is 5.97 Å². The number of thioether (sulfide) groups is 1. The number of aromatic carboxylic acids is 1. The molecule has 4 rings (SSSR count). The number of carboxylic acids is 1. The lowest BCUT2D eigenvalue weighted by atomic mass is 10.2. The average molecular weight is 515 g/mol. The van der Waals surface area contributed by atoms with Gasteiger partial charge >= 0.3 is 5.97 Å². The number of hydrogen-bond acceptors (Lipinski definition) is 8. The third kappa shape index (κ3) is 5.26. The van der Waals surface area contributed by atoms with Crippen LogP contribution in [0.15, 0.2) is 64.4 Å². The number of hydrogen-bond donors (Lipinski definition) is 2. The highest BCUT2D eigenvalue weighted by molar-refractivity contribution is 7.99. The topological polar surface area (TPSA) is 129 Å². The first-order valence-electron chi connectivity index (χ1n) is 10.1. The van der Waals surface area contributed by atoms with Crippen molar-refractivity contribution in [2.75, 3.05) is 25.3 Å². The van der Waals surface area contributed by atoms with Crippen LogP contribution in [0.3, 0.4) is 0 Å². The van der Waals surface area contributed by atoms with E-state index in [1.54, 1.807) is 49.1 Å². The van der Waals surface area contributed by atoms with Gasteiger partial charge in [-0.1, -0.05) is 23.4 Å². The molecule has 2 aromatic carbocycles. The lowest BCUT2D eigenvalue weighted by molar-refractivity contribution is -0.113. The van der Waals surface area contributed by atoms with Crippen molar-refractivity contribution < 1.29 is 28.6 Å². The van der Waals surface area contributed by atoms with E-state index >= 15 is 0 Å². The maximum absolute atomic E-state index is 12.6. The molecule has 2 N–H and O–H groups in total. The van der Waals surface area contributed by atoms with Crippen LogP contribution in [-0.2, 0) is 4.79 Å². The molecule has 0 saturated carbocycles. The van der Waals surface area contributed by atoms with Gasteiger partial charge in [0.1, 0.15) is 11.5 Å². The quantitative estimate of drug-likeness (QED) is 0.307. The van der Waals surface area contributed by atoms with Gasteiger partial charge in [0.05, 0.1) is 42.5 Å². The standard InChI is InChI=1S/C23H19ClN4O6S/c1-32-14-6-8-18(33-2)17(11-14)28-21(19-4-3-9-34-19)26-27-23(28)35-12-20(29)25-13-5-7-16(24)15(10-13)22(30)31/h3-11H,12H2,1-2H3,(H,25,29)(H,30,31). The maximum Gasteiger partial charge on any atom is 0.337 e. The van der Waals surface area contributed by atoms with Gasteiger partial charge in [-0.3, -0.25) is 9.36 Å². The number of carbonyl (C=O) groups is 2. The Morgan fingerprint density at radius 2 is 1.97 bits per heavy atom. The molecule has 0 atom stereocenters. The van der Waals surface area contributed by atoms with Crippen molar-refractivity contribution in [2.45, 2.75) is 5.16 Å². The molecule has 0 aliphatic carbocycles. The number of halogens is 1. The van der Waals surface area contributed by atoms with E-state index in [1.807, 2.05) is 0 Å². The third-order valence-electron chi connectivity index (χ3n) is 4.81. The van der Waals surface area contributed by atoms with E-state index in [1.165, 1.54) is 24.5 Å². The molecule has 0 spiro atoms. The number of carboxylic acid groups (broad SMARTS) is 1. The number of nitrogens with zero attached hydrogens (tertiary/aromatic N) is 3. The molecule has 0 fully saturated rings. The Hall–Kier alpha value is -3.96. The van der Waals surface area contributed by atoms with E-state index in [4.69, 9.17) is 25.5 Å². The number of nitrogens with one attached hydrogen (secondary N) is 1. The van der Waals surface area contributed by atoms with Crippen LogP contribution in [0.1, 0.15) is 10.4 Å². The van der Waals surface area contributed by atoms with Gasteiger partial charge in [0.25, 0.3) is 0 Å². The summed E-state index contributed by atoms with van der Waals surface area (Å²) in [6, 6.07) is 13.0. The Kier molecular flexibility index (Phi) is 7.28. The number of anilines is 1. The first-order valence-corrected chi connectivity index (χ1v) is 11.4. The minimum atomic E-state index is -1.19. The van der Waals surface area contributed by atoms with Crippen LogP contribution in [0, 0.1) is 0 Å². The number of methoxy groups -OCH3 is 2. The first-order chi connectivity index (χ1) is 16.9. The highest BCUT2D eigenvalue weighted by Gasteiger charge is 2.22. The molecule has 12 heteroatoms. The minimum Gasteiger partial charge on any atom is -0.497 e. The predicted octanol–water partition coefficient (Wildman–Crippen LogP) is 4.63. The molecule has 35 heavy (non-hydrogen) atoms. The molecule has 0 unspecified atom stereocenters. The summed E-state index contributed by atoms with van der Waals surface area (Å²) in [5.41, 5.74) is 0.796. The van der Waals surface area contributed by atoms with Crippen LogP contribution in [0.25, 0.3) is 17.3 Å². The molecule has 0 bridgehead atoms. The fourth-order valence-electron chi connectivity index (χ4n) is 3.21.